The van der Waals surface area contributed by atoms with Gasteiger partial charge in [-0.1, -0.05) is 0 Å². The fraction of sp³-hybridized carbons (Fsp3) is 0. The standard InChI is InChI=1S/C13H9N7O/c14-5-8-6-17-12(7-16-8)18-11-4-9(19-20-11)13-10(21)2-1-3-15-13/h1-4,6-7,21H,(H2,17,18,19,20). The topological polar surface area (TPSA) is 123 Å². The first kappa shape index (κ1) is 12.6. The van der Waals surface area contributed by atoms with Crippen LogP contribution in [0.4, 0.5) is 11.6 Å². The number of hydrogen-bond donors (Lipinski definition) is 3. The molecule has 0 aromatic carbocycles. The lowest BCUT2D eigenvalue weighted by atomic mass is 10.2. The molecule has 0 radical (unpaired) electrons. The molecular weight excluding hydrogens is 270 g/mol. The summed E-state index contributed by atoms with van der Waals surface area (Å²) in [6.07, 6.45) is 4.38. The summed E-state index contributed by atoms with van der Waals surface area (Å²) in [5.74, 6) is 1.01. The molecule has 102 valence electrons. The fourth-order valence-electron chi connectivity index (χ4n) is 1.69. The smallest absolute Gasteiger partial charge is 0.158 e. The van der Waals surface area contributed by atoms with Gasteiger partial charge in [-0.3, -0.25) is 10.1 Å². The minimum absolute atomic E-state index is 0.0610. The number of aromatic nitrogens is 5. The molecule has 0 atom stereocenters. The first-order chi connectivity index (χ1) is 10.3. The van der Waals surface area contributed by atoms with E-state index in [1.165, 1.54) is 12.4 Å². The van der Waals surface area contributed by atoms with Gasteiger partial charge in [-0.15, -0.1) is 0 Å². The van der Waals surface area contributed by atoms with E-state index in [9.17, 15) is 5.11 Å². The highest BCUT2D eigenvalue weighted by Crippen LogP contribution is 2.26. The Morgan fingerprint density at radius 1 is 1.19 bits per heavy atom. The Balaban J connectivity index is 1.82. The van der Waals surface area contributed by atoms with Crippen molar-refractivity contribution in [3.05, 3.63) is 42.5 Å². The number of anilines is 2. The van der Waals surface area contributed by atoms with Crippen molar-refractivity contribution in [2.24, 2.45) is 0 Å². The van der Waals surface area contributed by atoms with Gasteiger partial charge in [0, 0.05) is 12.3 Å². The summed E-state index contributed by atoms with van der Waals surface area (Å²) in [5, 5.41) is 28.1. The number of H-pyrrole nitrogens is 1. The number of nitrogens with one attached hydrogen (secondary N) is 2. The molecule has 0 amide bonds. The third-order valence-electron chi connectivity index (χ3n) is 2.64. The minimum atomic E-state index is 0.0610. The highest BCUT2D eigenvalue weighted by atomic mass is 16.3. The van der Waals surface area contributed by atoms with Crippen molar-refractivity contribution < 1.29 is 5.11 Å². The molecular formula is C13H9N7O. The number of rotatable bonds is 3. The zero-order chi connectivity index (χ0) is 14.7. The molecule has 0 saturated heterocycles. The van der Waals surface area contributed by atoms with E-state index in [1.807, 2.05) is 6.07 Å². The molecule has 0 aliphatic heterocycles. The van der Waals surface area contributed by atoms with Crippen LogP contribution in [0.25, 0.3) is 11.4 Å². The highest BCUT2D eigenvalue weighted by molar-refractivity contribution is 5.66. The van der Waals surface area contributed by atoms with Crippen LogP contribution in [0.2, 0.25) is 0 Å². The van der Waals surface area contributed by atoms with E-state index in [0.29, 0.717) is 23.0 Å². The largest absolute Gasteiger partial charge is 0.506 e. The summed E-state index contributed by atoms with van der Waals surface area (Å²) >= 11 is 0. The van der Waals surface area contributed by atoms with Gasteiger partial charge >= 0.3 is 0 Å². The maximum atomic E-state index is 9.74. The monoisotopic (exact) mass is 279 g/mol. The third-order valence-corrected chi connectivity index (χ3v) is 2.64. The molecule has 0 aliphatic rings. The van der Waals surface area contributed by atoms with Crippen LogP contribution in [0.1, 0.15) is 5.69 Å². The van der Waals surface area contributed by atoms with Crippen molar-refractivity contribution in [1.82, 2.24) is 25.1 Å². The average Bonchev–Trinajstić information content (AvgIpc) is 2.97. The zero-order valence-electron chi connectivity index (χ0n) is 10.6. The van der Waals surface area contributed by atoms with Gasteiger partial charge in [-0.05, 0) is 12.1 Å². The second-order valence-corrected chi connectivity index (χ2v) is 4.06. The second kappa shape index (κ2) is 5.26. The van der Waals surface area contributed by atoms with E-state index < -0.39 is 0 Å². The van der Waals surface area contributed by atoms with Gasteiger partial charge < -0.3 is 10.4 Å². The number of hydrogen-bond acceptors (Lipinski definition) is 7. The van der Waals surface area contributed by atoms with Gasteiger partial charge in [0.15, 0.2) is 11.5 Å². The Morgan fingerprint density at radius 2 is 2.10 bits per heavy atom. The summed E-state index contributed by atoms with van der Waals surface area (Å²) in [6.45, 7) is 0. The lowest BCUT2D eigenvalue weighted by Crippen LogP contribution is -1.95. The molecule has 21 heavy (non-hydrogen) atoms. The number of nitrogens with zero attached hydrogens (tertiary/aromatic N) is 5. The number of aromatic amines is 1. The van der Waals surface area contributed by atoms with E-state index in [2.05, 4.69) is 30.5 Å². The van der Waals surface area contributed by atoms with Crippen molar-refractivity contribution in [3.63, 3.8) is 0 Å². The zero-order valence-corrected chi connectivity index (χ0v) is 10.6. The van der Waals surface area contributed by atoms with Crippen LogP contribution in [0.5, 0.6) is 5.75 Å². The molecule has 3 heterocycles. The lowest BCUT2D eigenvalue weighted by molar-refractivity contribution is 0.475. The number of pyridine rings is 1. The number of nitriles is 1. The van der Waals surface area contributed by atoms with E-state index in [1.54, 1.807) is 24.4 Å². The van der Waals surface area contributed by atoms with Gasteiger partial charge in [0.2, 0.25) is 0 Å². The van der Waals surface area contributed by atoms with E-state index in [-0.39, 0.29) is 11.4 Å². The minimum Gasteiger partial charge on any atom is -0.506 e. The molecule has 0 aliphatic carbocycles. The molecule has 0 fully saturated rings. The Hall–Kier alpha value is -3.47. The molecule has 3 aromatic rings. The maximum absolute atomic E-state index is 9.74. The van der Waals surface area contributed by atoms with Crippen LogP contribution in [0, 0.1) is 11.3 Å². The van der Waals surface area contributed by atoms with Gasteiger partial charge in [0.05, 0.1) is 18.1 Å². The molecule has 8 heteroatoms. The van der Waals surface area contributed by atoms with Crippen LogP contribution >= 0.6 is 0 Å². The Kier molecular flexibility index (Phi) is 3.15. The van der Waals surface area contributed by atoms with Gasteiger partial charge in [0.1, 0.15) is 23.3 Å². The van der Waals surface area contributed by atoms with Crippen molar-refractivity contribution in [2.45, 2.75) is 0 Å². The Labute approximate surface area is 119 Å². The first-order valence-corrected chi connectivity index (χ1v) is 5.95. The number of aromatic hydroxyl groups is 1. The van der Waals surface area contributed by atoms with Crippen LogP contribution in [0.3, 0.4) is 0 Å². The Bertz CT molecular complexity index is 804. The van der Waals surface area contributed by atoms with Gasteiger partial charge in [-0.25, -0.2) is 9.97 Å². The summed E-state index contributed by atoms with van der Waals surface area (Å²) in [6, 6.07) is 6.76. The van der Waals surface area contributed by atoms with Crippen LogP contribution in [-0.4, -0.2) is 30.3 Å². The predicted molar refractivity (Wildman–Crippen MR) is 73.5 cm³/mol. The predicted octanol–water partition coefficient (Wildman–Crippen LogP) is 1.58. The Morgan fingerprint density at radius 3 is 2.81 bits per heavy atom. The molecule has 8 nitrogen and oxygen atoms in total. The maximum Gasteiger partial charge on any atom is 0.158 e. The van der Waals surface area contributed by atoms with Crippen LogP contribution in [-0.2, 0) is 0 Å². The van der Waals surface area contributed by atoms with Crippen molar-refractivity contribution in [3.8, 4) is 23.2 Å². The summed E-state index contributed by atoms with van der Waals surface area (Å²) in [4.78, 5) is 12.0. The molecule has 0 spiro atoms. The molecule has 3 rings (SSSR count). The molecule has 3 N–H and O–H groups in total. The van der Waals surface area contributed by atoms with E-state index >= 15 is 0 Å². The van der Waals surface area contributed by atoms with Crippen LogP contribution in [0.15, 0.2) is 36.8 Å². The molecule has 0 bridgehead atoms. The van der Waals surface area contributed by atoms with Crippen LogP contribution < -0.4 is 5.32 Å². The molecule has 0 saturated carbocycles. The normalized spacial score (nSPS) is 10.0. The van der Waals surface area contributed by atoms with Crippen molar-refractivity contribution in [2.75, 3.05) is 5.32 Å². The van der Waals surface area contributed by atoms with Crippen molar-refractivity contribution >= 4 is 11.6 Å². The van der Waals surface area contributed by atoms with Gasteiger partial charge in [0.25, 0.3) is 0 Å². The summed E-state index contributed by atoms with van der Waals surface area (Å²) in [7, 11) is 0. The van der Waals surface area contributed by atoms with Crippen molar-refractivity contribution in [1.29, 1.82) is 5.26 Å². The van der Waals surface area contributed by atoms with Gasteiger partial charge in [-0.2, -0.15) is 10.4 Å². The molecule has 3 aromatic heterocycles. The lowest BCUT2D eigenvalue weighted by Gasteiger charge is -2.00. The average molecular weight is 279 g/mol. The fourth-order valence-corrected chi connectivity index (χ4v) is 1.69. The SMILES string of the molecule is N#Cc1cnc(Nc2cc(-c3ncccc3O)[nH]n2)cn1. The highest BCUT2D eigenvalue weighted by Gasteiger charge is 2.09. The molecule has 0 unspecified atom stereocenters. The third kappa shape index (κ3) is 2.62. The van der Waals surface area contributed by atoms with E-state index in [0.717, 1.165) is 0 Å². The second-order valence-electron chi connectivity index (χ2n) is 4.06. The van der Waals surface area contributed by atoms with E-state index in [4.69, 9.17) is 5.26 Å². The first-order valence-electron chi connectivity index (χ1n) is 5.95. The summed E-state index contributed by atoms with van der Waals surface area (Å²) in [5.41, 5.74) is 1.21. The quantitative estimate of drug-likeness (QED) is 0.664. The summed E-state index contributed by atoms with van der Waals surface area (Å²) < 4.78 is 0.